The summed E-state index contributed by atoms with van der Waals surface area (Å²) in [6.07, 6.45) is 3.11. The van der Waals surface area contributed by atoms with Crippen LogP contribution >= 0.6 is 0 Å². The Bertz CT molecular complexity index is 302. The van der Waals surface area contributed by atoms with Crippen molar-refractivity contribution in [2.24, 2.45) is 0 Å². The summed E-state index contributed by atoms with van der Waals surface area (Å²) in [6, 6.07) is 3.47. The molecule has 1 aromatic rings. The quantitative estimate of drug-likeness (QED) is 0.648. The Morgan fingerprint density at radius 3 is 2.64 bits per heavy atom. The Morgan fingerprint density at radius 1 is 1.43 bits per heavy atom. The van der Waals surface area contributed by atoms with Crippen LogP contribution in [-0.4, -0.2) is 27.4 Å². The minimum absolute atomic E-state index is 0.138. The summed E-state index contributed by atoms with van der Waals surface area (Å²) in [5, 5.41) is 20.0. The minimum Gasteiger partial charge on any atom is -0.394 e. The van der Waals surface area contributed by atoms with Crippen LogP contribution in [0.4, 0.5) is 11.6 Å². The third-order valence-electron chi connectivity index (χ3n) is 2.69. The van der Waals surface area contributed by atoms with Gasteiger partial charge in [-0.15, -0.1) is 10.2 Å². The summed E-state index contributed by atoms with van der Waals surface area (Å²) in [7, 11) is 0. The number of rotatable bonds is 3. The number of aliphatic hydroxyl groups excluding tert-OH is 1. The topological polar surface area (TPSA) is 84.1 Å². The SMILES string of the molecule is Nc1ccc(NC2(CO)CCC2)nn1. The van der Waals surface area contributed by atoms with Gasteiger partial charge in [-0.1, -0.05) is 0 Å². The van der Waals surface area contributed by atoms with Crippen LogP contribution in [0.5, 0.6) is 0 Å². The smallest absolute Gasteiger partial charge is 0.149 e. The highest BCUT2D eigenvalue weighted by molar-refractivity contribution is 5.41. The Balaban J connectivity index is 2.06. The maximum absolute atomic E-state index is 9.22. The molecule has 0 aliphatic heterocycles. The van der Waals surface area contributed by atoms with Crippen molar-refractivity contribution in [3.8, 4) is 0 Å². The summed E-state index contributed by atoms with van der Waals surface area (Å²) in [4.78, 5) is 0. The molecule has 0 bridgehead atoms. The van der Waals surface area contributed by atoms with Crippen molar-refractivity contribution in [2.75, 3.05) is 17.7 Å². The minimum atomic E-state index is -0.176. The first-order valence-corrected chi connectivity index (χ1v) is 4.72. The van der Waals surface area contributed by atoms with Crippen molar-refractivity contribution in [2.45, 2.75) is 24.8 Å². The molecule has 1 aliphatic rings. The molecule has 1 heterocycles. The van der Waals surface area contributed by atoms with Gasteiger partial charge in [0.1, 0.15) is 11.6 Å². The predicted molar refractivity (Wildman–Crippen MR) is 53.7 cm³/mol. The van der Waals surface area contributed by atoms with E-state index in [1.54, 1.807) is 12.1 Å². The van der Waals surface area contributed by atoms with Gasteiger partial charge in [0.25, 0.3) is 0 Å². The molecule has 5 nitrogen and oxygen atoms in total. The summed E-state index contributed by atoms with van der Waals surface area (Å²) in [5.41, 5.74) is 5.24. The molecular formula is C9H14N4O. The lowest BCUT2D eigenvalue weighted by atomic mass is 9.77. The van der Waals surface area contributed by atoms with Crippen molar-refractivity contribution in [1.82, 2.24) is 10.2 Å². The molecule has 4 N–H and O–H groups in total. The Hall–Kier alpha value is -1.36. The van der Waals surface area contributed by atoms with Gasteiger partial charge >= 0.3 is 0 Å². The third kappa shape index (κ3) is 1.63. The molecule has 1 aliphatic carbocycles. The van der Waals surface area contributed by atoms with Crippen LogP contribution in [0, 0.1) is 0 Å². The third-order valence-corrected chi connectivity index (χ3v) is 2.69. The number of nitrogens with zero attached hydrogens (tertiary/aromatic N) is 2. The summed E-state index contributed by atoms with van der Waals surface area (Å²) in [6.45, 7) is 0.138. The van der Waals surface area contributed by atoms with E-state index in [1.165, 1.54) is 0 Å². The maximum atomic E-state index is 9.22. The van der Waals surface area contributed by atoms with Gasteiger partial charge in [-0.05, 0) is 31.4 Å². The lowest BCUT2D eigenvalue weighted by molar-refractivity contribution is 0.143. The van der Waals surface area contributed by atoms with Gasteiger partial charge in [0.15, 0.2) is 0 Å². The number of aromatic nitrogens is 2. The molecule has 0 unspecified atom stereocenters. The monoisotopic (exact) mass is 194 g/mol. The molecule has 76 valence electrons. The molecular weight excluding hydrogens is 180 g/mol. The number of nitrogens with two attached hydrogens (primary N) is 1. The number of anilines is 2. The summed E-state index contributed by atoms with van der Waals surface area (Å²) in [5.74, 6) is 1.08. The Labute approximate surface area is 82.3 Å². The fourth-order valence-electron chi connectivity index (χ4n) is 1.61. The molecule has 2 rings (SSSR count). The second-order valence-corrected chi connectivity index (χ2v) is 3.76. The number of hydrogen-bond donors (Lipinski definition) is 3. The number of nitrogen functional groups attached to an aromatic ring is 1. The molecule has 1 fully saturated rings. The molecule has 14 heavy (non-hydrogen) atoms. The van der Waals surface area contributed by atoms with E-state index in [-0.39, 0.29) is 12.1 Å². The molecule has 0 radical (unpaired) electrons. The second kappa shape index (κ2) is 3.42. The number of aliphatic hydroxyl groups is 1. The second-order valence-electron chi connectivity index (χ2n) is 3.76. The van der Waals surface area contributed by atoms with Crippen LogP contribution in [0.3, 0.4) is 0 Å². The number of nitrogens with one attached hydrogen (secondary N) is 1. The van der Waals surface area contributed by atoms with Crippen LogP contribution in [0.25, 0.3) is 0 Å². The molecule has 1 aromatic heterocycles. The van der Waals surface area contributed by atoms with Crippen molar-refractivity contribution >= 4 is 11.6 Å². The standard InChI is InChI=1S/C9H14N4O/c10-7-2-3-8(13-12-7)11-9(6-14)4-1-5-9/h2-3,14H,1,4-6H2,(H2,10,12)(H,11,13). The van der Waals surface area contributed by atoms with Crippen molar-refractivity contribution in [1.29, 1.82) is 0 Å². The van der Waals surface area contributed by atoms with E-state index in [0.717, 1.165) is 19.3 Å². The fraction of sp³-hybridized carbons (Fsp3) is 0.556. The lowest BCUT2D eigenvalue weighted by Crippen LogP contribution is -2.48. The van der Waals surface area contributed by atoms with E-state index in [1.807, 2.05) is 0 Å². The largest absolute Gasteiger partial charge is 0.394 e. The zero-order valence-electron chi connectivity index (χ0n) is 7.90. The summed E-state index contributed by atoms with van der Waals surface area (Å²) < 4.78 is 0. The van der Waals surface area contributed by atoms with E-state index in [2.05, 4.69) is 15.5 Å². The van der Waals surface area contributed by atoms with Gasteiger partial charge in [0, 0.05) is 0 Å². The molecule has 0 saturated heterocycles. The van der Waals surface area contributed by atoms with Crippen LogP contribution in [0.1, 0.15) is 19.3 Å². The van der Waals surface area contributed by atoms with Gasteiger partial charge in [-0.3, -0.25) is 0 Å². The predicted octanol–water partition coefficient (Wildman–Crippen LogP) is 0.386. The van der Waals surface area contributed by atoms with Crippen LogP contribution in [0.15, 0.2) is 12.1 Å². The van der Waals surface area contributed by atoms with Gasteiger partial charge < -0.3 is 16.2 Å². The summed E-state index contributed by atoms with van der Waals surface area (Å²) >= 11 is 0. The van der Waals surface area contributed by atoms with Gasteiger partial charge in [0.05, 0.1) is 12.1 Å². The average Bonchev–Trinajstić information content (AvgIpc) is 2.15. The molecule has 0 atom stereocenters. The first-order valence-electron chi connectivity index (χ1n) is 4.72. The van der Waals surface area contributed by atoms with Gasteiger partial charge in [0.2, 0.25) is 0 Å². The molecule has 5 heteroatoms. The molecule has 0 aromatic carbocycles. The molecule has 0 spiro atoms. The van der Waals surface area contributed by atoms with E-state index in [9.17, 15) is 5.11 Å². The van der Waals surface area contributed by atoms with Crippen LogP contribution in [0.2, 0.25) is 0 Å². The Kier molecular flexibility index (Phi) is 2.25. The van der Waals surface area contributed by atoms with Crippen LogP contribution < -0.4 is 11.1 Å². The van der Waals surface area contributed by atoms with Gasteiger partial charge in [-0.25, -0.2) is 0 Å². The average molecular weight is 194 g/mol. The van der Waals surface area contributed by atoms with Gasteiger partial charge in [-0.2, -0.15) is 0 Å². The highest BCUT2D eigenvalue weighted by Gasteiger charge is 2.36. The van der Waals surface area contributed by atoms with Crippen LogP contribution in [-0.2, 0) is 0 Å². The van der Waals surface area contributed by atoms with Crippen molar-refractivity contribution < 1.29 is 5.11 Å². The normalized spacial score (nSPS) is 18.6. The highest BCUT2D eigenvalue weighted by atomic mass is 16.3. The first-order chi connectivity index (χ1) is 6.74. The highest BCUT2D eigenvalue weighted by Crippen LogP contribution is 2.34. The van der Waals surface area contributed by atoms with E-state index in [0.29, 0.717) is 11.6 Å². The van der Waals surface area contributed by atoms with Crippen molar-refractivity contribution in [3.63, 3.8) is 0 Å². The zero-order valence-corrected chi connectivity index (χ0v) is 7.90. The first kappa shape index (κ1) is 9.21. The van der Waals surface area contributed by atoms with Crippen molar-refractivity contribution in [3.05, 3.63) is 12.1 Å². The fourth-order valence-corrected chi connectivity index (χ4v) is 1.61. The Morgan fingerprint density at radius 2 is 2.21 bits per heavy atom. The molecule has 1 saturated carbocycles. The molecule has 0 amide bonds. The van der Waals surface area contributed by atoms with E-state index in [4.69, 9.17) is 5.73 Å². The van der Waals surface area contributed by atoms with E-state index < -0.39 is 0 Å². The lowest BCUT2D eigenvalue weighted by Gasteiger charge is -2.41. The number of hydrogen-bond acceptors (Lipinski definition) is 5. The zero-order chi connectivity index (χ0) is 10.0. The maximum Gasteiger partial charge on any atom is 0.149 e. The van der Waals surface area contributed by atoms with E-state index >= 15 is 0 Å².